The minimum Gasteiger partial charge on any atom is -0.477 e. The lowest BCUT2D eigenvalue weighted by Gasteiger charge is -2.49. The van der Waals surface area contributed by atoms with E-state index in [-0.39, 0.29) is 33.2 Å². The van der Waals surface area contributed by atoms with Crippen LogP contribution < -0.4 is 10.6 Å². The molecule has 0 saturated carbocycles. The van der Waals surface area contributed by atoms with E-state index in [9.17, 15) is 34.4 Å². The molecule has 1 aromatic carbocycles. The van der Waals surface area contributed by atoms with Gasteiger partial charge in [0.05, 0.1) is 4.92 Å². The largest absolute Gasteiger partial charge is 0.477 e. The van der Waals surface area contributed by atoms with Gasteiger partial charge in [-0.25, -0.2) is 9.78 Å². The van der Waals surface area contributed by atoms with E-state index in [2.05, 4.69) is 20.8 Å². The van der Waals surface area contributed by atoms with Crippen LogP contribution in [0.4, 0.5) is 10.8 Å². The molecule has 2 aliphatic rings. The molecule has 1 fully saturated rings. The lowest BCUT2D eigenvalue weighted by molar-refractivity contribution is -0.384. The van der Waals surface area contributed by atoms with Gasteiger partial charge in [-0.3, -0.25) is 29.4 Å². The molecule has 0 radical (unpaired) electrons. The molecule has 37 heavy (non-hydrogen) atoms. The Kier molecular flexibility index (Phi) is 7.49. The van der Waals surface area contributed by atoms with Crippen LogP contribution >= 0.6 is 23.1 Å². The smallest absolute Gasteiger partial charge is 0.352 e. The number of nitrogens with one attached hydrogen (secondary N) is 2. The predicted molar refractivity (Wildman–Crippen MR) is 132 cm³/mol. The molecule has 2 aromatic rings. The number of anilines is 1. The van der Waals surface area contributed by atoms with Gasteiger partial charge in [-0.2, -0.15) is 0 Å². The van der Waals surface area contributed by atoms with Gasteiger partial charge in [0, 0.05) is 22.8 Å². The highest BCUT2D eigenvalue weighted by Gasteiger charge is 2.54. The third-order valence-corrected chi connectivity index (χ3v) is 7.56. The van der Waals surface area contributed by atoms with Gasteiger partial charge in [0.1, 0.15) is 29.9 Å². The van der Waals surface area contributed by atoms with Crippen LogP contribution in [0.5, 0.6) is 0 Å². The Morgan fingerprint density at radius 1 is 1.35 bits per heavy atom. The number of thiazole rings is 1. The Labute approximate surface area is 216 Å². The van der Waals surface area contributed by atoms with Crippen LogP contribution in [0.1, 0.15) is 11.3 Å². The number of nitrogens with zero attached hydrogens (tertiary/aromatic N) is 4. The zero-order valence-corrected chi connectivity index (χ0v) is 20.5. The number of oxime groups is 1. The molecule has 14 nitrogen and oxygen atoms in total. The van der Waals surface area contributed by atoms with Crippen molar-refractivity contribution < 1.29 is 34.0 Å². The molecule has 3 N–H and O–H groups in total. The number of aliphatic carboxylic acids is 1. The number of amides is 3. The molecular formula is C21H18N6O8S2. The fourth-order valence-corrected chi connectivity index (χ4v) is 5.93. The summed E-state index contributed by atoms with van der Waals surface area (Å²) in [6.07, 6.45) is 2.23. The van der Waals surface area contributed by atoms with E-state index in [1.54, 1.807) is 12.1 Å². The first-order valence-electron chi connectivity index (χ1n) is 10.5. The van der Waals surface area contributed by atoms with Crippen LogP contribution in [0.25, 0.3) is 0 Å². The molecule has 0 bridgehead atoms. The third kappa shape index (κ3) is 5.29. The summed E-state index contributed by atoms with van der Waals surface area (Å²) in [5.74, 6) is -2.68. The second kappa shape index (κ2) is 10.8. The number of thioether (sulfide) groups is 1. The molecule has 3 amide bonds. The maximum atomic E-state index is 13.0. The van der Waals surface area contributed by atoms with Gasteiger partial charge in [-0.05, 0) is 18.1 Å². The lowest BCUT2D eigenvalue weighted by Crippen LogP contribution is -2.71. The summed E-state index contributed by atoms with van der Waals surface area (Å²) < 4.78 is 0. The molecule has 2 unspecified atom stereocenters. The standard InChI is InChI=1S/C21H18N6O8S2/c1-35-25-15(13-8-36-21(23-13)22-9-28)17(29)24-16-18(30)26-14(20(31)32)7-12(37-19(16)26)6-10-2-4-11(5-3-10)27(33)34/h2-5,7-9,12,16,19H,6H2,1H3,(H,24,29)(H,31,32)(H,22,23,28)/t12?,16?,19-/m1/s1. The number of benzene rings is 1. The number of fused-ring (bicyclic) bond motifs is 1. The first kappa shape index (κ1) is 25.8. The number of rotatable bonds is 10. The maximum absolute atomic E-state index is 13.0. The molecule has 192 valence electrons. The van der Waals surface area contributed by atoms with Crippen molar-refractivity contribution in [2.75, 3.05) is 12.4 Å². The molecule has 4 rings (SSSR count). The summed E-state index contributed by atoms with van der Waals surface area (Å²) in [6, 6.07) is 4.84. The molecule has 3 heterocycles. The first-order valence-corrected chi connectivity index (χ1v) is 12.3. The fourth-order valence-electron chi connectivity index (χ4n) is 3.74. The van der Waals surface area contributed by atoms with E-state index >= 15 is 0 Å². The van der Waals surface area contributed by atoms with E-state index in [1.807, 2.05) is 0 Å². The zero-order valence-electron chi connectivity index (χ0n) is 18.9. The van der Waals surface area contributed by atoms with Crippen molar-refractivity contribution in [1.82, 2.24) is 15.2 Å². The second-order valence-corrected chi connectivity index (χ2v) is 9.85. The van der Waals surface area contributed by atoms with Crippen LogP contribution in [0.3, 0.4) is 0 Å². The topological polar surface area (TPSA) is 193 Å². The number of hydrogen-bond acceptors (Lipinski definition) is 11. The SMILES string of the molecule is CON=C(C(=O)NC1C(=O)N2C(C(=O)O)=CC(Cc3ccc([N+](=O)[O-])cc3)S[C@H]12)c1csc(NC=O)n1. The number of aromatic nitrogens is 1. The van der Waals surface area contributed by atoms with Gasteiger partial charge >= 0.3 is 5.97 Å². The van der Waals surface area contributed by atoms with Crippen LogP contribution in [0.2, 0.25) is 0 Å². The first-order chi connectivity index (χ1) is 17.7. The van der Waals surface area contributed by atoms with Gasteiger partial charge in [0.25, 0.3) is 17.5 Å². The Bertz CT molecular complexity index is 1320. The van der Waals surface area contributed by atoms with Crippen molar-refractivity contribution in [3.8, 4) is 0 Å². The van der Waals surface area contributed by atoms with Crippen molar-refractivity contribution >= 4 is 63.8 Å². The van der Waals surface area contributed by atoms with Gasteiger partial charge in [0.15, 0.2) is 10.8 Å². The molecular weight excluding hydrogens is 528 g/mol. The molecule has 0 spiro atoms. The summed E-state index contributed by atoms with van der Waals surface area (Å²) in [7, 11) is 1.23. The van der Waals surface area contributed by atoms with Gasteiger partial charge in [-0.1, -0.05) is 17.3 Å². The van der Waals surface area contributed by atoms with Crippen LogP contribution in [-0.4, -0.2) is 73.6 Å². The van der Waals surface area contributed by atoms with Crippen LogP contribution in [0.15, 0.2) is 46.6 Å². The van der Waals surface area contributed by atoms with Crippen LogP contribution in [-0.2, 0) is 30.4 Å². The summed E-state index contributed by atoms with van der Waals surface area (Å²) >= 11 is 2.33. The Balaban J connectivity index is 1.51. The number of carboxylic acid groups (broad SMARTS) is 1. The maximum Gasteiger partial charge on any atom is 0.352 e. The van der Waals surface area contributed by atoms with Gasteiger partial charge in [0.2, 0.25) is 6.41 Å². The van der Waals surface area contributed by atoms with Crippen molar-refractivity contribution in [2.24, 2.45) is 5.16 Å². The number of nitro groups is 1. The number of carbonyl (C=O) groups excluding carboxylic acids is 3. The number of β-lactam (4-membered cyclic amide) rings is 1. The van der Waals surface area contributed by atoms with Gasteiger partial charge < -0.3 is 20.6 Å². The number of non-ortho nitro benzene ring substituents is 1. The molecule has 2 aliphatic heterocycles. The quantitative estimate of drug-likeness (QED) is 0.127. The monoisotopic (exact) mass is 546 g/mol. The Morgan fingerprint density at radius 2 is 2.08 bits per heavy atom. The molecule has 16 heteroatoms. The highest BCUT2D eigenvalue weighted by Crippen LogP contribution is 2.42. The highest BCUT2D eigenvalue weighted by molar-refractivity contribution is 8.00. The molecule has 0 aliphatic carbocycles. The zero-order chi connectivity index (χ0) is 26.7. The Hall–Kier alpha value is -4.31. The average molecular weight is 547 g/mol. The molecule has 1 aromatic heterocycles. The van der Waals surface area contributed by atoms with Gasteiger partial charge in [-0.15, -0.1) is 23.1 Å². The second-order valence-electron chi connectivity index (χ2n) is 7.63. The third-order valence-electron chi connectivity index (χ3n) is 5.38. The number of hydrogen-bond donors (Lipinski definition) is 3. The van der Waals surface area contributed by atoms with Crippen molar-refractivity contribution in [1.29, 1.82) is 0 Å². The van der Waals surface area contributed by atoms with E-state index in [0.29, 0.717) is 12.8 Å². The minimum absolute atomic E-state index is 0.0666. The summed E-state index contributed by atoms with van der Waals surface area (Å²) in [5, 5.41) is 29.8. The van der Waals surface area contributed by atoms with Crippen LogP contribution in [0, 0.1) is 10.1 Å². The molecule has 1 saturated heterocycles. The number of nitro benzene ring substituents is 1. The minimum atomic E-state index is -1.29. The number of carbonyl (C=O) groups is 4. The van der Waals surface area contributed by atoms with E-state index < -0.39 is 34.1 Å². The predicted octanol–water partition coefficient (Wildman–Crippen LogP) is 0.950. The number of carboxylic acids is 1. The summed E-state index contributed by atoms with van der Waals surface area (Å²) in [5.41, 5.74) is 0.336. The lowest BCUT2D eigenvalue weighted by atomic mass is 10.0. The normalized spacial score (nSPS) is 20.7. The van der Waals surface area contributed by atoms with E-state index in [1.165, 1.54) is 42.5 Å². The molecule has 3 atom stereocenters. The van der Waals surface area contributed by atoms with Crippen molar-refractivity contribution in [3.05, 3.63) is 62.8 Å². The summed E-state index contributed by atoms with van der Waals surface area (Å²) in [4.78, 5) is 68.6. The van der Waals surface area contributed by atoms with E-state index in [0.717, 1.165) is 21.8 Å². The van der Waals surface area contributed by atoms with Crippen molar-refractivity contribution in [3.63, 3.8) is 0 Å². The Morgan fingerprint density at radius 3 is 2.70 bits per heavy atom. The summed E-state index contributed by atoms with van der Waals surface area (Å²) in [6.45, 7) is 0. The van der Waals surface area contributed by atoms with E-state index in [4.69, 9.17) is 4.84 Å². The highest BCUT2D eigenvalue weighted by atomic mass is 32.2. The fraction of sp³-hybridized carbons (Fsp3) is 0.238. The average Bonchev–Trinajstić information content (AvgIpc) is 3.33. The van der Waals surface area contributed by atoms with Crippen molar-refractivity contribution in [2.45, 2.75) is 23.1 Å².